The molecule has 3 aromatic heterocycles. The van der Waals surface area contributed by atoms with E-state index in [-0.39, 0.29) is 24.7 Å². The fourth-order valence-corrected chi connectivity index (χ4v) is 4.56. The van der Waals surface area contributed by atoms with Crippen molar-refractivity contribution in [3.63, 3.8) is 0 Å². The molecule has 1 aliphatic rings. The highest BCUT2D eigenvalue weighted by Gasteiger charge is 2.23. The van der Waals surface area contributed by atoms with Crippen LogP contribution in [0.15, 0.2) is 60.8 Å². The molecule has 4 heterocycles. The van der Waals surface area contributed by atoms with Crippen LogP contribution in [-0.2, 0) is 11.3 Å². The third-order valence-corrected chi connectivity index (χ3v) is 6.42. The van der Waals surface area contributed by atoms with E-state index >= 15 is 0 Å². The molecule has 0 spiro atoms. The number of nitrogens with one attached hydrogen (secondary N) is 1. The number of hydrogen-bond acceptors (Lipinski definition) is 7. The number of rotatable bonds is 5. The Balaban J connectivity index is 1.34. The molecule has 0 unspecified atom stereocenters. The maximum atomic E-state index is 12.6. The minimum Gasteiger partial charge on any atom is -0.372 e. The fraction of sp³-hybridized carbons (Fsp3) is 0.276. The number of benzene rings is 1. The molecule has 8 heteroatoms. The van der Waals surface area contributed by atoms with Crippen LogP contribution < -0.4 is 10.2 Å². The van der Waals surface area contributed by atoms with Crippen LogP contribution in [0.3, 0.4) is 0 Å². The molecular formula is C29H28N6O2. The highest BCUT2D eigenvalue weighted by Crippen LogP contribution is 2.24. The molecule has 1 aromatic carbocycles. The normalized spacial score (nSPS) is 17.4. The zero-order chi connectivity index (χ0) is 25.9. The van der Waals surface area contributed by atoms with Gasteiger partial charge in [-0.2, -0.15) is 5.26 Å². The number of aromatic nitrogens is 3. The first kappa shape index (κ1) is 24.3. The number of ether oxygens (including phenoxy) is 1. The van der Waals surface area contributed by atoms with Crippen LogP contribution in [0.4, 0.5) is 5.82 Å². The Bertz CT molecular complexity index is 1500. The lowest BCUT2D eigenvalue weighted by atomic mass is 10.1. The molecule has 4 aromatic rings. The summed E-state index contributed by atoms with van der Waals surface area (Å²) in [4.78, 5) is 29.1. The van der Waals surface area contributed by atoms with Crippen molar-refractivity contribution in [2.24, 2.45) is 0 Å². The standard InChI is InChI=1S/C29H28N6O2/c1-18-7-8-21(11-23(18)13-30)29(36)32-15-24-12-27-22(14-31-24)9-10-26(33-27)25-5-4-6-28(34-25)35-16-19(2)37-20(3)17-35/h4-12,14,19-20H,15-17H2,1-3H3,(H,32,36)/t19-,20+. The fourth-order valence-electron chi connectivity index (χ4n) is 4.56. The zero-order valence-corrected chi connectivity index (χ0v) is 21.1. The van der Waals surface area contributed by atoms with Crippen molar-refractivity contribution >= 4 is 22.6 Å². The van der Waals surface area contributed by atoms with Gasteiger partial charge in [-0.3, -0.25) is 9.78 Å². The summed E-state index contributed by atoms with van der Waals surface area (Å²) in [6.07, 6.45) is 2.06. The Hall–Kier alpha value is -4.35. The van der Waals surface area contributed by atoms with Crippen molar-refractivity contribution in [2.75, 3.05) is 18.0 Å². The SMILES string of the molecule is Cc1ccc(C(=O)NCc2cc3nc(-c4cccc(N5C[C@@H](C)O[C@@H](C)C5)n4)ccc3cn2)cc1C#N. The van der Waals surface area contributed by atoms with Gasteiger partial charge in [-0.25, -0.2) is 9.97 Å². The summed E-state index contributed by atoms with van der Waals surface area (Å²) >= 11 is 0. The second-order valence-electron chi connectivity index (χ2n) is 9.43. The molecule has 0 bridgehead atoms. The third kappa shape index (κ3) is 5.42. The first-order valence-corrected chi connectivity index (χ1v) is 12.3. The molecule has 1 aliphatic heterocycles. The minimum atomic E-state index is -0.257. The van der Waals surface area contributed by atoms with E-state index in [4.69, 9.17) is 14.7 Å². The van der Waals surface area contributed by atoms with Crippen LogP contribution in [0.5, 0.6) is 0 Å². The summed E-state index contributed by atoms with van der Waals surface area (Å²) in [6, 6.07) is 19.0. The first-order valence-electron chi connectivity index (χ1n) is 12.3. The maximum absolute atomic E-state index is 12.6. The van der Waals surface area contributed by atoms with Crippen LogP contribution in [-0.4, -0.2) is 46.2 Å². The van der Waals surface area contributed by atoms with E-state index in [1.54, 1.807) is 24.4 Å². The number of carbonyl (C=O) groups is 1. The molecule has 2 atom stereocenters. The number of nitrogens with zero attached hydrogens (tertiary/aromatic N) is 5. The first-order chi connectivity index (χ1) is 17.9. The Morgan fingerprint density at radius 2 is 1.86 bits per heavy atom. The van der Waals surface area contributed by atoms with Gasteiger partial charge in [-0.05, 0) is 68.8 Å². The predicted molar refractivity (Wildman–Crippen MR) is 142 cm³/mol. The van der Waals surface area contributed by atoms with Gasteiger partial charge in [0, 0.05) is 30.2 Å². The van der Waals surface area contributed by atoms with Gasteiger partial charge in [0.15, 0.2) is 0 Å². The van der Waals surface area contributed by atoms with E-state index in [0.717, 1.165) is 46.8 Å². The second-order valence-corrected chi connectivity index (χ2v) is 9.43. The largest absolute Gasteiger partial charge is 0.372 e. The molecule has 1 amide bonds. The number of aryl methyl sites for hydroxylation is 1. The topological polar surface area (TPSA) is 104 Å². The number of morpholine rings is 1. The van der Waals surface area contributed by atoms with Gasteiger partial charge in [-0.1, -0.05) is 12.1 Å². The van der Waals surface area contributed by atoms with Crippen LogP contribution >= 0.6 is 0 Å². The molecule has 1 saturated heterocycles. The Kier molecular flexibility index (Phi) is 6.80. The number of carbonyl (C=O) groups excluding carboxylic acids is 1. The molecule has 5 rings (SSSR count). The van der Waals surface area contributed by atoms with Crippen molar-refractivity contribution < 1.29 is 9.53 Å². The summed E-state index contributed by atoms with van der Waals surface area (Å²) in [5, 5.41) is 13.0. The Labute approximate surface area is 216 Å². The van der Waals surface area contributed by atoms with Gasteiger partial charge < -0.3 is 15.0 Å². The molecule has 0 saturated carbocycles. The average Bonchev–Trinajstić information content (AvgIpc) is 2.91. The number of pyridine rings is 3. The van der Waals surface area contributed by atoms with E-state index in [1.807, 2.05) is 43.3 Å². The quantitative estimate of drug-likeness (QED) is 0.440. The summed E-state index contributed by atoms with van der Waals surface area (Å²) < 4.78 is 5.86. The number of anilines is 1. The van der Waals surface area contributed by atoms with Crippen LogP contribution in [0.1, 0.15) is 41.0 Å². The third-order valence-electron chi connectivity index (χ3n) is 6.42. The van der Waals surface area contributed by atoms with E-state index in [9.17, 15) is 10.1 Å². The molecule has 0 radical (unpaired) electrons. The summed E-state index contributed by atoms with van der Waals surface area (Å²) in [5.74, 6) is 0.656. The van der Waals surface area contributed by atoms with Gasteiger partial charge in [0.05, 0.1) is 53.0 Å². The highest BCUT2D eigenvalue weighted by atomic mass is 16.5. The molecule has 186 valence electrons. The summed E-state index contributed by atoms with van der Waals surface area (Å²) in [7, 11) is 0. The lowest BCUT2D eigenvalue weighted by molar-refractivity contribution is -0.00545. The van der Waals surface area contributed by atoms with Gasteiger partial charge in [-0.15, -0.1) is 0 Å². The molecule has 0 aliphatic carbocycles. The van der Waals surface area contributed by atoms with E-state index in [0.29, 0.717) is 16.8 Å². The van der Waals surface area contributed by atoms with Crippen molar-refractivity contribution in [3.8, 4) is 17.5 Å². The Morgan fingerprint density at radius 1 is 1.08 bits per heavy atom. The summed E-state index contributed by atoms with van der Waals surface area (Å²) in [6.45, 7) is 7.85. The van der Waals surface area contributed by atoms with E-state index in [2.05, 4.69) is 35.1 Å². The monoisotopic (exact) mass is 492 g/mol. The van der Waals surface area contributed by atoms with Crippen LogP contribution in [0.25, 0.3) is 22.3 Å². The lowest BCUT2D eigenvalue weighted by Gasteiger charge is -2.36. The predicted octanol–water partition coefficient (Wildman–Crippen LogP) is 4.42. The highest BCUT2D eigenvalue weighted by molar-refractivity contribution is 5.94. The second kappa shape index (κ2) is 10.3. The molecular weight excluding hydrogens is 464 g/mol. The number of hydrogen-bond donors (Lipinski definition) is 1. The molecule has 8 nitrogen and oxygen atoms in total. The maximum Gasteiger partial charge on any atom is 0.251 e. The van der Waals surface area contributed by atoms with E-state index in [1.165, 1.54) is 0 Å². The average molecular weight is 493 g/mol. The molecule has 1 fully saturated rings. The van der Waals surface area contributed by atoms with Gasteiger partial charge in [0.25, 0.3) is 5.91 Å². The molecule has 1 N–H and O–H groups in total. The van der Waals surface area contributed by atoms with Gasteiger partial charge in [0.1, 0.15) is 5.82 Å². The van der Waals surface area contributed by atoms with Crippen LogP contribution in [0, 0.1) is 18.3 Å². The smallest absolute Gasteiger partial charge is 0.251 e. The lowest BCUT2D eigenvalue weighted by Crippen LogP contribution is -2.45. The summed E-state index contributed by atoms with van der Waals surface area (Å²) in [5.41, 5.74) is 4.81. The van der Waals surface area contributed by atoms with Crippen molar-refractivity contribution in [1.82, 2.24) is 20.3 Å². The van der Waals surface area contributed by atoms with Crippen LogP contribution in [0.2, 0.25) is 0 Å². The van der Waals surface area contributed by atoms with Crippen molar-refractivity contribution in [1.29, 1.82) is 5.26 Å². The van der Waals surface area contributed by atoms with Crippen molar-refractivity contribution in [2.45, 2.75) is 39.5 Å². The molecule has 37 heavy (non-hydrogen) atoms. The van der Waals surface area contributed by atoms with Crippen molar-refractivity contribution in [3.05, 3.63) is 83.2 Å². The zero-order valence-electron chi connectivity index (χ0n) is 21.1. The van der Waals surface area contributed by atoms with E-state index < -0.39 is 0 Å². The van der Waals surface area contributed by atoms with Gasteiger partial charge in [0.2, 0.25) is 0 Å². The number of nitriles is 1. The number of amides is 1. The Morgan fingerprint density at radius 3 is 2.65 bits per heavy atom. The minimum absolute atomic E-state index is 0.152. The number of fused-ring (bicyclic) bond motifs is 1. The van der Waals surface area contributed by atoms with Gasteiger partial charge >= 0.3 is 0 Å².